The van der Waals surface area contributed by atoms with Gasteiger partial charge in [-0.2, -0.15) is 0 Å². The van der Waals surface area contributed by atoms with Crippen molar-refractivity contribution in [1.82, 2.24) is 4.90 Å². The number of ketones is 2. The van der Waals surface area contributed by atoms with E-state index in [4.69, 9.17) is 0 Å². The first kappa shape index (κ1) is 17.4. The normalized spacial score (nSPS) is 16.6. The summed E-state index contributed by atoms with van der Waals surface area (Å²) in [6.45, 7) is 2.01. The molecule has 0 saturated carbocycles. The quantitative estimate of drug-likeness (QED) is 0.698. The minimum absolute atomic E-state index is 0.149. The van der Waals surface area contributed by atoms with E-state index in [9.17, 15) is 19.5 Å². The number of benzene rings is 2. The van der Waals surface area contributed by atoms with Crippen LogP contribution in [0.15, 0.2) is 36.4 Å². The number of fused-ring (bicyclic) bond motifs is 2. The highest BCUT2D eigenvalue weighted by Gasteiger charge is 2.30. The van der Waals surface area contributed by atoms with Crippen LogP contribution in [0.3, 0.4) is 0 Å². The number of nitrogens with one attached hydrogen (secondary N) is 1. The molecule has 6 heteroatoms. The number of nitrogens with zero attached hydrogens (tertiary/aromatic N) is 1. The molecule has 1 aliphatic heterocycles. The molecule has 0 atom stereocenters. The summed E-state index contributed by atoms with van der Waals surface area (Å²) in [6.07, 6.45) is 3.34. The highest BCUT2D eigenvalue weighted by atomic mass is 16.3. The van der Waals surface area contributed by atoms with E-state index in [0.717, 1.165) is 25.9 Å². The number of likely N-dealkylation sites (tertiary alicyclic amines) is 1. The Labute approximate surface area is 156 Å². The molecule has 2 aromatic carbocycles. The summed E-state index contributed by atoms with van der Waals surface area (Å²) in [5.74, 6) is -1.06. The number of hydrogen-bond donors (Lipinski definition) is 2. The molecular formula is C21H20N2O4. The third kappa shape index (κ3) is 3.24. The van der Waals surface area contributed by atoms with Gasteiger partial charge in [-0.3, -0.25) is 19.3 Å². The molecule has 0 bridgehead atoms. The zero-order chi connectivity index (χ0) is 19.0. The van der Waals surface area contributed by atoms with E-state index in [1.54, 1.807) is 24.3 Å². The summed E-state index contributed by atoms with van der Waals surface area (Å²) in [5.41, 5.74) is 1.17. The van der Waals surface area contributed by atoms with Gasteiger partial charge < -0.3 is 10.4 Å². The van der Waals surface area contributed by atoms with Crippen LogP contribution in [0.4, 0.5) is 5.69 Å². The first-order valence-corrected chi connectivity index (χ1v) is 9.12. The lowest BCUT2D eigenvalue weighted by Gasteiger charge is -2.25. The summed E-state index contributed by atoms with van der Waals surface area (Å²) in [7, 11) is 0. The van der Waals surface area contributed by atoms with Gasteiger partial charge in [0.1, 0.15) is 5.75 Å². The van der Waals surface area contributed by atoms with Gasteiger partial charge in [0.15, 0.2) is 11.6 Å². The molecule has 0 spiro atoms. The fraction of sp³-hybridized carbons (Fsp3) is 0.286. The SMILES string of the molecule is O=C(CN1CCCCC1)Nc1cc2c(cc1O)C(=O)c1ccccc1C2=O. The van der Waals surface area contributed by atoms with Crippen molar-refractivity contribution in [3.63, 3.8) is 0 Å². The molecule has 1 aliphatic carbocycles. The minimum Gasteiger partial charge on any atom is -0.506 e. The fourth-order valence-corrected chi connectivity index (χ4v) is 3.74. The Morgan fingerprint density at radius 2 is 1.52 bits per heavy atom. The molecule has 1 fully saturated rings. The van der Waals surface area contributed by atoms with Crippen molar-refractivity contribution in [2.24, 2.45) is 0 Å². The van der Waals surface area contributed by atoms with Gasteiger partial charge in [0.2, 0.25) is 5.91 Å². The Morgan fingerprint density at radius 3 is 2.15 bits per heavy atom. The lowest BCUT2D eigenvalue weighted by Crippen LogP contribution is -2.36. The van der Waals surface area contributed by atoms with Crippen molar-refractivity contribution < 1.29 is 19.5 Å². The van der Waals surface area contributed by atoms with Gasteiger partial charge in [0.05, 0.1) is 12.2 Å². The van der Waals surface area contributed by atoms with Crippen molar-refractivity contribution in [3.05, 3.63) is 58.7 Å². The molecule has 27 heavy (non-hydrogen) atoms. The lowest BCUT2D eigenvalue weighted by atomic mass is 9.83. The minimum atomic E-state index is -0.304. The molecule has 138 valence electrons. The number of rotatable bonds is 3. The van der Waals surface area contributed by atoms with Crippen LogP contribution in [-0.2, 0) is 4.79 Å². The molecule has 0 radical (unpaired) electrons. The van der Waals surface area contributed by atoms with Gasteiger partial charge in [-0.1, -0.05) is 30.7 Å². The molecule has 2 N–H and O–H groups in total. The zero-order valence-electron chi connectivity index (χ0n) is 14.8. The van der Waals surface area contributed by atoms with E-state index in [0.29, 0.717) is 11.1 Å². The largest absolute Gasteiger partial charge is 0.506 e. The van der Waals surface area contributed by atoms with E-state index in [2.05, 4.69) is 10.2 Å². The number of hydrogen-bond acceptors (Lipinski definition) is 5. The number of aromatic hydroxyl groups is 1. The predicted octanol–water partition coefficient (Wildman–Crippen LogP) is 2.59. The van der Waals surface area contributed by atoms with E-state index < -0.39 is 0 Å². The Balaban J connectivity index is 1.60. The smallest absolute Gasteiger partial charge is 0.238 e. The van der Waals surface area contributed by atoms with Crippen LogP contribution in [0.25, 0.3) is 0 Å². The highest BCUT2D eigenvalue weighted by molar-refractivity contribution is 6.29. The number of carbonyl (C=O) groups is 3. The fourth-order valence-electron chi connectivity index (χ4n) is 3.74. The maximum absolute atomic E-state index is 12.8. The van der Waals surface area contributed by atoms with E-state index in [1.165, 1.54) is 18.6 Å². The first-order chi connectivity index (χ1) is 13.0. The average Bonchev–Trinajstić information content (AvgIpc) is 2.68. The summed E-state index contributed by atoms with van der Waals surface area (Å²) in [6, 6.07) is 9.28. The standard InChI is InChI=1S/C21H20N2O4/c24-18-11-16-15(20(26)13-6-2-3-7-14(13)21(16)27)10-17(18)22-19(25)12-23-8-4-1-5-9-23/h2-3,6-7,10-11,24H,1,4-5,8-9,12H2,(H,22,25). The van der Waals surface area contributed by atoms with Crippen molar-refractivity contribution in [3.8, 4) is 5.75 Å². The molecule has 1 heterocycles. The number of carbonyl (C=O) groups excluding carboxylic acids is 3. The average molecular weight is 364 g/mol. The first-order valence-electron chi connectivity index (χ1n) is 9.12. The van der Waals surface area contributed by atoms with Crippen molar-refractivity contribution >= 4 is 23.2 Å². The maximum atomic E-state index is 12.8. The number of phenols is 1. The molecule has 6 nitrogen and oxygen atoms in total. The van der Waals surface area contributed by atoms with Crippen LogP contribution in [0.5, 0.6) is 5.75 Å². The van der Waals surface area contributed by atoms with E-state index >= 15 is 0 Å². The molecule has 2 aromatic rings. The van der Waals surface area contributed by atoms with Crippen molar-refractivity contribution in [2.75, 3.05) is 25.0 Å². The maximum Gasteiger partial charge on any atom is 0.238 e. The second-order valence-electron chi connectivity index (χ2n) is 7.00. The van der Waals surface area contributed by atoms with Gasteiger partial charge >= 0.3 is 0 Å². The summed E-state index contributed by atoms with van der Waals surface area (Å²) in [4.78, 5) is 39.8. The van der Waals surface area contributed by atoms with E-state index in [-0.39, 0.29) is 46.6 Å². The molecule has 0 unspecified atom stereocenters. The van der Waals surface area contributed by atoms with Gasteiger partial charge in [0, 0.05) is 22.3 Å². The Morgan fingerprint density at radius 1 is 0.926 bits per heavy atom. The summed E-state index contributed by atoms with van der Waals surface area (Å²) >= 11 is 0. The van der Waals surface area contributed by atoms with E-state index in [1.807, 2.05) is 0 Å². The molecular weight excluding hydrogens is 344 g/mol. The summed E-state index contributed by atoms with van der Waals surface area (Å²) < 4.78 is 0. The second-order valence-corrected chi connectivity index (χ2v) is 7.00. The molecule has 4 rings (SSSR count). The van der Waals surface area contributed by atoms with Gasteiger partial charge in [-0.15, -0.1) is 0 Å². The predicted molar refractivity (Wildman–Crippen MR) is 100 cm³/mol. The number of amides is 1. The Kier molecular flexibility index (Phi) is 4.49. The summed E-state index contributed by atoms with van der Waals surface area (Å²) in [5, 5.41) is 13.0. The van der Waals surface area contributed by atoms with Gasteiger partial charge in [-0.05, 0) is 38.1 Å². The van der Waals surface area contributed by atoms with Crippen molar-refractivity contribution in [2.45, 2.75) is 19.3 Å². The third-order valence-electron chi connectivity index (χ3n) is 5.13. The van der Waals surface area contributed by atoms with Gasteiger partial charge in [0.25, 0.3) is 0 Å². The van der Waals surface area contributed by atoms with Crippen LogP contribution in [0.2, 0.25) is 0 Å². The zero-order valence-corrected chi connectivity index (χ0v) is 14.8. The third-order valence-corrected chi connectivity index (χ3v) is 5.13. The number of phenolic OH excluding ortho intramolecular Hbond substituents is 1. The number of anilines is 1. The van der Waals surface area contributed by atoms with Gasteiger partial charge in [-0.25, -0.2) is 0 Å². The van der Waals surface area contributed by atoms with Crippen LogP contribution in [-0.4, -0.2) is 47.1 Å². The molecule has 0 aromatic heterocycles. The number of piperidine rings is 1. The topological polar surface area (TPSA) is 86.7 Å². The van der Waals surface area contributed by atoms with Crippen molar-refractivity contribution in [1.29, 1.82) is 0 Å². The Bertz CT molecular complexity index is 945. The monoisotopic (exact) mass is 364 g/mol. The highest BCUT2D eigenvalue weighted by Crippen LogP contribution is 2.34. The van der Waals surface area contributed by atoms with Crippen LogP contribution >= 0.6 is 0 Å². The lowest BCUT2D eigenvalue weighted by molar-refractivity contribution is -0.117. The second kappa shape index (κ2) is 6.96. The van der Waals surface area contributed by atoms with Crippen LogP contribution in [0.1, 0.15) is 51.1 Å². The molecule has 2 aliphatic rings. The Hall–Kier alpha value is -2.99. The van der Waals surface area contributed by atoms with Crippen LogP contribution in [0, 0.1) is 0 Å². The molecule has 1 amide bonds. The molecule has 1 saturated heterocycles. The van der Waals surface area contributed by atoms with Crippen LogP contribution < -0.4 is 5.32 Å².